The molecule has 0 radical (unpaired) electrons. The van der Waals surface area contributed by atoms with E-state index >= 15 is 0 Å². The van der Waals surface area contributed by atoms with Crippen LogP contribution in [0, 0.1) is 0 Å². The molecule has 8 heteroatoms. The van der Waals surface area contributed by atoms with Gasteiger partial charge in [-0.1, -0.05) is 11.3 Å². The van der Waals surface area contributed by atoms with Crippen molar-refractivity contribution in [1.82, 2.24) is 19.7 Å². The summed E-state index contributed by atoms with van der Waals surface area (Å²) in [7, 11) is 3.43. The Balaban J connectivity index is 1.46. The van der Waals surface area contributed by atoms with Gasteiger partial charge in [0, 0.05) is 24.2 Å². The second kappa shape index (κ2) is 5.79. The third-order valence-electron chi connectivity index (χ3n) is 4.03. The Hall–Kier alpha value is -2.61. The molecule has 3 heterocycles. The molecule has 1 saturated heterocycles. The molecule has 0 spiro atoms. The minimum atomic E-state index is -0.0134. The van der Waals surface area contributed by atoms with E-state index in [9.17, 15) is 4.79 Å². The van der Waals surface area contributed by atoms with Crippen LogP contribution in [0.15, 0.2) is 29.8 Å². The van der Waals surface area contributed by atoms with Gasteiger partial charge in [0.05, 0.1) is 31.1 Å². The molecule has 4 rings (SSSR count). The van der Waals surface area contributed by atoms with Crippen molar-refractivity contribution in [3.63, 3.8) is 0 Å². The molecule has 1 fully saturated rings. The summed E-state index contributed by atoms with van der Waals surface area (Å²) < 4.78 is 12.7. The van der Waals surface area contributed by atoms with Crippen LogP contribution in [0.1, 0.15) is 10.4 Å². The number of fused-ring (bicyclic) bond motifs is 1. The number of rotatable bonds is 4. The Kier molecular flexibility index (Phi) is 3.61. The van der Waals surface area contributed by atoms with Crippen molar-refractivity contribution in [2.24, 2.45) is 7.05 Å². The number of carbonyl (C=O) groups excluding carboxylic acids is 1. The predicted molar refractivity (Wildman–Crippen MR) is 89.7 cm³/mol. The van der Waals surface area contributed by atoms with Gasteiger partial charge in [-0.25, -0.2) is 9.67 Å². The number of hydrogen-bond donors (Lipinski definition) is 0. The van der Waals surface area contributed by atoms with Crippen molar-refractivity contribution in [2.45, 2.75) is 6.10 Å². The fourth-order valence-electron chi connectivity index (χ4n) is 2.82. The van der Waals surface area contributed by atoms with Crippen LogP contribution in [0.25, 0.3) is 10.9 Å². The maximum absolute atomic E-state index is 12.6. The quantitative estimate of drug-likeness (QED) is 0.723. The van der Waals surface area contributed by atoms with Gasteiger partial charge < -0.3 is 14.4 Å². The zero-order valence-electron chi connectivity index (χ0n) is 13.3. The highest BCUT2D eigenvalue weighted by molar-refractivity contribution is 7.11. The van der Waals surface area contributed by atoms with E-state index in [1.54, 1.807) is 29.0 Å². The van der Waals surface area contributed by atoms with Gasteiger partial charge in [-0.15, -0.1) is 0 Å². The molecule has 0 unspecified atom stereocenters. The Morgan fingerprint density at radius 1 is 1.38 bits per heavy atom. The third-order valence-corrected chi connectivity index (χ3v) is 4.69. The third kappa shape index (κ3) is 2.48. The molecule has 1 aliphatic rings. The summed E-state index contributed by atoms with van der Waals surface area (Å²) in [6, 6.07) is 5.48. The Morgan fingerprint density at radius 3 is 2.92 bits per heavy atom. The van der Waals surface area contributed by atoms with Crippen LogP contribution in [0.2, 0.25) is 0 Å². The van der Waals surface area contributed by atoms with Crippen LogP contribution in [0.4, 0.5) is 0 Å². The molecule has 0 N–H and O–H groups in total. The van der Waals surface area contributed by atoms with Crippen molar-refractivity contribution < 1.29 is 14.3 Å². The first-order chi connectivity index (χ1) is 11.7. The SMILES string of the molecule is COc1c2ccc(C(=O)N3CC(Oc4nccs4)C3)cc2nn1C. The summed E-state index contributed by atoms with van der Waals surface area (Å²) in [5, 5.41) is 7.79. The highest BCUT2D eigenvalue weighted by atomic mass is 32.1. The molecule has 1 amide bonds. The van der Waals surface area contributed by atoms with E-state index in [0.717, 1.165) is 10.9 Å². The van der Waals surface area contributed by atoms with E-state index in [1.807, 2.05) is 24.6 Å². The molecule has 0 atom stereocenters. The molecular formula is C16H16N4O3S. The molecule has 7 nitrogen and oxygen atoms in total. The lowest BCUT2D eigenvalue weighted by Gasteiger charge is -2.38. The van der Waals surface area contributed by atoms with Crippen LogP contribution >= 0.6 is 11.3 Å². The molecule has 0 saturated carbocycles. The Morgan fingerprint density at radius 2 is 2.21 bits per heavy atom. The summed E-state index contributed by atoms with van der Waals surface area (Å²) in [5.41, 5.74) is 1.37. The van der Waals surface area contributed by atoms with E-state index in [2.05, 4.69) is 10.1 Å². The number of nitrogens with zero attached hydrogens (tertiary/aromatic N) is 4. The fourth-order valence-corrected chi connectivity index (χ4v) is 3.38. The summed E-state index contributed by atoms with van der Waals surface area (Å²) in [4.78, 5) is 18.4. The van der Waals surface area contributed by atoms with E-state index in [4.69, 9.17) is 9.47 Å². The van der Waals surface area contributed by atoms with Gasteiger partial charge in [-0.2, -0.15) is 5.10 Å². The van der Waals surface area contributed by atoms with Crippen molar-refractivity contribution in [2.75, 3.05) is 20.2 Å². The predicted octanol–water partition coefficient (Wildman–Crippen LogP) is 1.94. The van der Waals surface area contributed by atoms with E-state index < -0.39 is 0 Å². The number of likely N-dealkylation sites (tertiary alicyclic amines) is 1. The Labute approximate surface area is 142 Å². The summed E-state index contributed by atoms with van der Waals surface area (Å²) >= 11 is 1.45. The largest absolute Gasteiger partial charge is 0.481 e. The molecule has 3 aromatic rings. The van der Waals surface area contributed by atoms with Gasteiger partial charge in [0.2, 0.25) is 5.88 Å². The standard InChI is InChI=1S/C16H16N4O3S/c1-19-15(22-2)12-4-3-10(7-13(12)18-19)14(21)20-8-11(9-20)23-16-17-5-6-24-16/h3-7,11H,8-9H2,1-2H3. The second-order valence-electron chi connectivity index (χ2n) is 5.61. The van der Waals surface area contributed by atoms with Gasteiger partial charge in [-0.3, -0.25) is 4.79 Å². The highest BCUT2D eigenvalue weighted by Gasteiger charge is 2.33. The number of hydrogen-bond acceptors (Lipinski definition) is 6. The number of benzene rings is 1. The summed E-state index contributed by atoms with van der Waals surface area (Å²) in [5.74, 6) is 0.672. The molecule has 1 aromatic carbocycles. The zero-order chi connectivity index (χ0) is 16.7. The number of amides is 1. The van der Waals surface area contributed by atoms with Crippen molar-refractivity contribution >= 4 is 28.1 Å². The lowest BCUT2D eigenvalue weighted by Crippen LogP contribution is -2.56. The number of ether oxygens (including phenoxy) is 2. The molecule has 0 bridgehead atoms. The lowest BCUT2D eigenvalue weighted by atomic mass is 10.1. The first-order valence-corrected chi connectivity index (χ1v) is 8.40. The van der Waals surface area contributed by atoms with Crippen molar-refractivity contribution in [3.05, 3.63) is 35.3 Å². The monoisotopic (exact) mass is 344 g/mol. The van der Waals surface area contributed by atoms with Gasteiger partial charge in [0.1, 0.15) is 6.10 Å². The van der Waals surface area contributed by atoms with E-state index in [-0.39, 0.29) is 12.0 Å². The van der Waals surface area contributed by atoms with Crippen LogP contribution in [-0.2, 0) is 7.05 Å². The van der Waals surface area contributed by atoms with Crippen molar-refractivity contribution in [1.29, 1.82) is 0 Å². The van der Waals surface area contributed by atoms with Crippen LogP contribution in [0.3, 0.4) is 0 Å². The molecule has 2 aromatic heterocycles. The maximum atomic E-state index is 12.6. The smallest absolute Gasteiger partial charge is 0.273 e. The topological polar surface area (TPSA) is 69.5 Å². The number of thiazole rings is 1. The van der Waals surface area contributed by atoms with Gasteiger partial charge in [0.15, 0.2) is 0 Å². The van der Waals surface area contributed by atoms with Crippen LogP contribution < -0.4 is 9.47 Å². The highest BCUT2D eigenvalue weighted by Crippen LogP contribution is 2.27. The van der Waals surface area contributed by atoms with Crippen molar-refractivity contribution in [3.8, 4) is 11.1 Å². The van der Waals surface area contributed by atoms with Gasteiger partial charge in [0.25, 0.3) is 11.1 Å². The first-order valence-electron chi connectivity index (χ1n) is 7.52. The molecule has 1 aliphatic heterocycles. The average Bonchev–Trinajstić information content (AvgIpc) is 3.15. The molecule has 24 heavy (non-hydrogen) atoms. The Bertz CT molecular complexity index is 884. The maximum Gasteiger partial charge on any atom is 0.273 e. The fraction of sp³-hybridized carbons (Fsp3) is 0.312. The number of aromatic nitrogens is 3. The minimum absolute atomic E-state index is 0.0128. The van der Waals surface area contributed by atoms with Crippen LogP contribution in [0.5, 0.6) is 11.1 Å². The first kappa shape index (κ1) is 14.9. The zero-order valence-corrected chi connectivity index (χ0v) is 14.1. The summed E-state index contributed by atoms with van der Waals surface area (Å²) in [6.07, 6.45) is 1.72. The van der Waals surface area contributed by atoms with Crippen LogP contribution in [-0.4, -0.2) is 51.9 Å². The number of methoxy groups -OCH3 is 1. The second-order valence-corrected chi connectivity index (χ2v) is 6.47. The summed E-state index contributed by atoms with van der Waals surface area (Å²) in [6.45, 7) is 1.14. The molecular weight excluding hydrogens is 328 g/mol. The number of aryl methyl sites for hydroxylation is 1. The minimum Gasteiger partial charge on any atom is -0.481 e. The van der Waals surface area contributed by atoms with Gasteiger partial charge >= 0.3 is 0 Å². The normalized spacial score (nSPS) is 14.7. The average molecular weight is 344 g/mol. The molecule has 124 valence electrons. The van der Waals surface area contributed by atoms with E-state index in [0.29, 0.717) is 29.7 Å². The van der Waals surface area contributed by atoms with E-state index in [1.165, 1.54) is 11.3 Å². The number of carbonyl (C=O) groups is 1. The molecule has 0 aliphatic carbocycles. The lowest BCUT2D eigenvalue weighted by molar-refractivity contribution is 0.0177. The van der Waals surface area contributed by atoms with Gasteiger partial charge in [-0.05, 0) is 18.2 Å².